The maximum Gasteiger partial charge on any atom is 0.261 e. The summed E-state index contributed by atoms with van der Waals surface area (Å²) in [6.45, 7) is 6.02. The molecule has 1 atom stereocenters. The first-order valence-electron chi connectivity index (χ1n) is 9.72. The van der Waals surface area contributed by atoms with Gasteiger partial charge < -0.3 is 10.1 Å². The Hall–Kier alpha value is -3.07. The van der Waals surface area contributed by atoms with Gasteiger partial charge in [0.1, 0.15) is 5.75 Å². The van der Waals surface area contributed by atoms with Crippen molar-refractivity contribution in [2.75, 3.05) is 0 Å². The molecule has 144 valence electrons. The summed E-state index contributed by atoms with van der Waals surface area (Å²) >= 11 is 0. The Balaban J connectivity index is 1.82. The van der Waals surface area contributed by atoms with Crippen LogP contribution in [0.3, 0.4) is 0 Å². The zero-order chi connectivity index (χ0) is 19.9. The van der Waals surface area contributed by atoms with Crippen LogP contribution >= 0.6 is 0 Å². The van der Waals surface area contributed by atoms with Gasteiger partial charge in [0.05, 0.1) is 6.04 Å². The standard InChI is InChI=1S/C25H27NO2/c1-4-22(28-23-16-15-18(2)17-19(23)3)25(27)26-24(20-11-7-5-8-12-20)21-13-9-6-10-14-21/h5-17,22,24H,4H2,1-3H3,(H,26,27)/t22-/m1/s1. The summed E-state index contributed by atoms with van der Waals surface area (Å²) in [5.41, 5.74) is 4.30. The lowest BCUT2D eigenvalue weighted by atomic mass is 9.98. The van der Waals surface area contributed by atoms with Crippen LogP contribution in [-0.4, -0.2) is 12.0 Å². The molecule has 0 unspecified atom stereocenters. The monoisotopic (exact) mass is 373 g/mol. The quantitative estimate of drug-likeness (QED) is 0.605. The van der Waals surface area contributed by atoms with Crippen molar-refractivity contribution in [3.63, 3.8) is 0 Å². The Kier molecular flexibility index (Phi) is 6.49. The van der Waals surface area contributed by atoms with Crippen LogP contribution in [-0.2, 0) is 4.79 Å². The van der Waals surface area contributed by atoms with Gasteiger partial charge in [0.15, 0.2) is 6.10 Å². The van der Waals surface area contributed by atoms with Crippen molar-refractivity contribution < 1.29 is 9.53 Å². The summed E-state index contributed by atoms with van der Waals surface area (Å²) in [5.74, 6) is 0.642. The highest BCUT2D eigenvalue weighted by molar-refractivity contribution is 5.82. The first-order valence-corrected chi connectivity index (χ1v) is 9.72. The molecule has 0 saturated carbocycles. The van der Waals surface area contributed by atoms with Crippen molar-refractivity contribution in [2.24, 2.45) is 0 Å². The van der Waals surface area contributed by atoms with Gasteiger partial charge in [-0.2, -0.15) is 0 Å². The Morgan fingerprint density at radius 1 is 0.893 bits per heavy atom. The van der Waals surface area contributed by atoms with Gasteiger partial charge in [-0.1, -0.05) is 85.3 Å². The van der Waals surface area contributed by atoms with Gasteiger partial charge in [0.2, 0.25) is 0 Å². The molecule has 3 nitrogen and oxygen atoms in total. The highest BCUT2D eigenvalue weighted by Crippen LogP contribution is 2.24. The van der Waals surface area contributed by atoms with E-state index in [0.29, 0.717) is 6.42 Å². The molecule has 28 heavy (non-hydrogen) atoms. The summed E-state index contributed by atoms with van der Waals surface area (Å²) in [7, 11) is 0. The molecule has 0 aliphatic carbocycles. The minimum Gasteiger partial charge on any atom is -0.480 e. The van der Waals surface area contributed by atoms with Crippen LogP contribution < -0.4 is 10.1 Å². The number of ether oxygens (including phenoxy) is 1. The molecule has 3 rings (SSSR count). The number of rotatable bonds is 7. The number of hydrogen-bond donors (Lipinski definition) is 1. The zero-order valence-electron chi connectivity index (χ0n) is 16.7. The molecular weight excluding hydrogens is 346 g/mol. The number of carbonyl (C=O) groups excluding carboxylic acids is 1. The molecule has 1 N–H and O–H groups in total. The molecule has 0 radical (unpaired) electrons. The fraction of sp³-hybridized carbons (Fsp3) is 0.240. The predicted octanol–water partition coefficient (Wildman–Crippen LogP) is 5.37. The summed E-state index contributed by atoms with van der Waals surface area (Å²) in [5, 5.41) is 3.19. The Bertz CT molecular complexity index is 867. The second-order valence-electron chi connectivity index (χ2n) is 7.05. The molecule has 3 heteroatoms. The first-order chi connectivity index (χ1) is 13.6. The van der Waals surface area contributed by atoms with Crippen molar-refractivity contribution in [3.05, 3.63) is 101 Å². The van der Waals surface area contributed by atoms with E-state index in [-0.39, 0.29) is 11.9 Å². The van der Waals surface area contributed by atoms with Gasteiger partial charge in [-0.25, -0.2) is 0 Å². The van der Waals surface area contributed by atoms with Crippen molar-refractivity contribution in [2.45, 2.75) is 39.3 Å². The molecule has 0 spiro atoms. The highest BCUT2D eigenvalue weighted by Gasteiger charge is 2.24. The van der Waals surface area contributed by atoms with E-state index in [9.17, 15) is 4.79 Å². The van der Waals surface area contributed by atoms with Gasteiger partial charge in [-0.15, -0.1) is 0 Å². The Morgan fingerprint density at radius 2 is 1.46 bits per heavy atom. The molecule has 3 aromatic carbocycles. The fourth-order valence-corrected chi connectivity index (χ4v) is 3.29. The van der Waals surface area contributed by atoms with Crippen LogP contribution in [0.4, 0.5) is 0 Å². The third-order valence-corrected chi connectivity index (χ3v) is 4.82. The smallest absolute Gasteiger partial charge is 0.261 e. The molecule has 0 bridgehead atoms. The fourth-order valence-electron chi connectivity index (χ4n) is 3.29. The van der Waals surface area contributed by atoms with Gasteiger partial charge in [-0.3, -0.25) is 4.79 Å². The van der Waals surface area contributed by atoms with E-state index in [0.717, 1.165) is 22.4 Å². The summed E-state index contributed by atoms with van der Waals surface area (Å²) in [4.78, 5) is 13.1. The Morgan fingerprint density at radius 3 is 1.96 bits per heavy atom. The van der Waals surface area contributed by atoms with E-state index in [1.165, 1.54) is 5.56 Å². The van der Waals surface area contributed by atoms with Crippen molar-refractivity contribution in [1.29, 1.82) is 0 Å². The molecule has 0 saturated heterocycles. The van der Waals surface area contributed by atoms with Crippen molar-refractivity contribution in [3.8, 4) is 5.75 Å². The van der Waals surface area contributed by atoms with Crippen molar-refractivity contribution >= 4 is 5.91 Å². The molecule has 1 amide bonds. The number of amides is 1. The van der Waals surface area contributed by atoms with Gasteiger partial charge in [0, 0.05) is 0 Å². The number of carbonyl (C=O) groups is 1. The zero-order valence-corrected chi connectivity index (χ0v) is 16.7. The lowest BCUT2D eigenvalue weighted by molar-refractivity contribution is -0.128. The van der Waals surface area contributed by atoms with Gasteiger partial charge in [0.25, 0.3) is 5.91 Å². The average molecular weight is 373 g/mol. The number of hydrogen-bond acceptors (Lipinski definition) is 2. The van der Waals surface area contributed by atoms with Crippen LogP contribution in [0, 0.1) is 13.8 Å². The molecule has 0 heterocycles. The second kappa shape index (κ2) is 9.23. The number of benzene rings is 3. The normalized spacial score (nSPS) is 11.9. The first kappa shape index (κ1) is 19.7. The maximum absolute atomic E-state index is 13.1. The predicted molar refractivity (Wildman–Crippen MR) is 113 cm³/mol. The number of aryl methyl sites for hydroxylation is 2. The van der Waals surface area contributed by atoms with Gasteiger partial charge >= 0.3 is 0 Å². The third-order valence-electron chi connectivity index (χ3n) is 4.82. The molecule has 0 aliphatic rings. The lowest BCUT2D eigenvalue weighted by Crippen LogP contribution is -2.40. The van der Waals surface area contributed by atoms with Crippen LogP contribution in [0.1, 0.15) is 41.6 Å². The average Bonchev–Trinajstić information content (AvgIpc) is 2.72. The van der Waals surface area contributed by atoms with Crippen LogP contribution in [0.15, 0.2) is 78.9 Å². The summed E-state index contributed by atoms with van der Waals surface area (Å²) < 4.78 is 6.07. The van der Waals surface area contributed by atoms with E-state index in [1.807, 2.05) is 93.6 Å². The van der Waals surface area contributed by atoms with E-state index in [4.69, 9.17) is 4.74 Å². The molecule has 0 aromatic heterocycles. The second-order valence-corrected chi connectivity index (χ2v) is 7.05. The highest BCUT2D eigenvalue weighted by atomic mass is 16.5. The Labute approximate surface area is 167 Å². The maximum atomic E-state index is 13.1. The van der Waals surface area contributed by atoms with E-state index in [1.54, 1.807) is 0 Å². The van der Waals surface area contributed by atoms with Gasteiger partial charge in [-0.05, 0) is 43.0 Å². The number of nitrogens with one attached hydrogen (secondary N) is 1. The van der Waals surface area contributed by atoms with Crippen LogP contribution in [0.25, 0.3) is 0 Å². The lowest BCUT2D eigenvalue weighted by Gasteiger charge is -2.24. The SMILES string of the molecule is CC[C@@H](Oc1ccc(C)cc1C)C(=O)NC(c1ccccc1)c1ccccc1. The minimum absolute atomic E-state index is 0.111. The molecule has 3 aromatic rings. The summed E-state index contributed by atoms with van der Waals surface area (Å²) in [6, 6.07) is 25.8. The van der Waals surface area contributed by atoms with Crippen molar-refractivity contribution in [1.82, 2.24) is 5.32 Å². The minimum atomic E-state index is -0.545. The van der Waals surface area contributed by atoms with E-state index >= 15 is 0 Å². The van der Waals surface area contributed by atoms with Crippen LogP contribution in [0.5, 0.6) is 5.75 Å². The molecule has 0 aliphatic heterocycles. The molecular formula is C25H27NO2. The van der Waals surface area contributed by atoms with E-state index in [2.05, 4.69) is 11.4 Å². The van der Waals surface area contributed by atoms with Crippen LogP contribution in [0.2, 0.25) is 0 Å². The third kappa shape index (κ3) is 4.80. The summed E-state index contributed by atoms with van der Waals surface area (Å²) in [6.07, 6.45) is 0.0476. The topological polar surface area (TPSA) is 38.3 Å². The van der Waals surface area contributed by atoms with E-state index < -0.39 is 6.10 Å². The largest absolute Gasteiger partial charge is 0.480 e. The molecule has 0 fully saturated rings.